The number of hydrogen-bond donors (Lipinski definition) is 1. The number of carboxylic acid groups (broad SMARTS) is 1. The number of nitrogens with zero attached hydrogens (tertiary/aromatic N) is 2. The zero-order chi connectivity index (χ0) is 12.1. The van der Waals surface area contributed by atoms with Crippen molar-refractivity contribution in [3.05, 3.63) is 11.4 Å². The Morgan fingerprint density at radius 3 is 2.06 bits per heavy atom. The van der Waals surface area contributed by atoms with E-state index in [1.165, 1.54) is 14.2 Å². The van der Waals surface area contributed by atoms with Crippen molar-refractivity contribution in [1.82, 2.24) is 9.97 Å². The van der Waals surface area contributed by atoms with Gasteiger partial charge in [-0.25, -0.2) is 4.79 Å². The van der Waals surface area contributed by atoms with Crippen molar-refractivity contribution >= 4 is 5.97 Å². The highest BCUT2D eigenvalue weighted by atomic mass is 16.5. The van der Waals surface area contributed by atoms with E-state index in [2.05, 4.69) is 9.97 Å². The Bertz CT molecular complexity index is 367. The molecule has 1 N–H and O–H groups in total. The molecule has 6 heteroatoms. The summed E-state index contributed by atoms with van der Waals surface area (Å²) in [5, 5.41) is 8.81. The molecule has 0 aromatic carbocycles. The van der Waals surface area contributed by atoms with Crippen LogP contribution in [0.5, 0.6) is 11.8 Å². The van der Waals surface area contributed by atoms with Crippen LogP contribution in [0.1, 0.15) is 29.5 Å². The van der Waals surface area contributed by atoms with Crippen LogP contribution in [0.2, 0.25) is 0 Å². The van der Waals surface area contributed by atoms with Gasteiger partial charge in [0.05, 0.1) is 19.8 Å². The summed E-state index contributed by atoms with van der Waals surface area (Å²) in [7, 11) is 2.87. The zero-order valence-electron chi connectivity index (χ0n) is 9.48. The first-order valence-electron chi connectivity index (χ1n) is 4.86. The zero-order valence-corrected chi connectivity index (χ0v) is 9.48. The average Bonchev–Trinajstić information content (AvgIpc) is 2.29. The second-order valence-electron chi connectivity index (χ2n) is 3.10. The van der Waals surface area contributed by atoms with Crippen LogP contribution in [0.15, 0.2) is 0 Å². The predicted octanol–water partition coefficient (Wildman–Crippen LogP) is 1.14. The van der Waals surface area contributed by atoms with Gasteiger partial charge in [0.15, 0.2) is 0 Å². The van der Waals surface area contributed by atoms with Crippen LogP contribution in [0.3, 0.4) is 0 Å². The number of carboxylic acids is 1. The van der Waals surface area contributed by atoms with Crippen LogP contribution in [0.25, 0.3) is 0 Å². The van der Waals surface area contributed by atoms with E-state index >= 15 is 0 Å². The molecule has 16 heavy (non-hydrogen) atoms. The lowest BCUT2D eigenvalue weighted by molar-refractivity contribution is 0.0681. The Labute approximate surface area is 93.2 Å². The van der Waals surface area contributed by atoms with Gasteiger partial charge < -0.3 is 14.6 Å². The van der Waals surface area contributed by atoms with Crippen LogP contribution < -0.4 is 9.47 Å². The Balaban J connectivity index is 3.30. The summed E-state index contributed by atoms with van der Waals surface area (Å²) in [6, 6.07) is 0. The van der Waals surface area contributed by atoms with E-state index in [1.54, 1.807) is 0 Å². The number of ether oxygens (including phenoxy) is 2. The molecule has 0 bridgehead atoms. The van der Waals surface area contributed by atoms with Gasteiger partial charge in [0.2, 0.25) is 17.6 Å². The summed E-state index contributed by atoms with van der Waals surface area (Å²) in [4.78, 5) is 18.4. The Hall–Kier alpha value is -1.85. The van der Waals surface area contributed by atoms with Crippen molar-refractivity contribution in [2.24, 2.45) is 0 Å². The van der Waals surface area contributed by atoms with Gasteiger partial charge in [0.25, 0.3) is 0 Å². The van der Waals surface area contributed by atoms with Crippen LogP contribution in [0, 0.1) is 0 Å². The Morgan fingerprint density at radius 1 is 1.25 bits per heavy atom. The fraction of sp³-hybridized carbons (Fsp3) is 0.500. The summed E-state index contributed by atoms with van der Waals surface area (Å²) in [6.07, 6.45) is 1.54. The maximum Gasteiger partial charge on any atom is 0.374 e. The SMILES string of the molecule is CCCc1c(OC)nc(C(=O)O)nc1OC. The minimum atomic E-state index is -1.21. The lowest BCUT2D eigenvalue weighted by Crippen LogP contribution is -2.10. The third kappa shape index (κ3) is 2.39. The van der Waals surface area contributed by atoms with Gasteiger partial charge >= 0.3 is 5.97 Å². The summed E-state index contributed by atoms with van der Waals surface area (Å²) in [5.74, 6) is -1.02. The Kier molecular flexibility index (Phi) is 4.04. The van der Waals surface area contributed by atoms with Gasteiger partial charge in [-0.15, -0.1) is 0 Å². The number of methoxy groups -OCH3 is 2. The van der Waals surface area contributed by atoms with Gasteiger partial charge in [0, 0.05) is 0 Å². The second kappa shape index (κ2) is 5.29. The minimum Gasteiger partial charge on any atom is -0.481 e. The summed E-state index contributed by atoms with van der Waals surface area (Å²) >= 11 is 0. The van der Waals surface area contributed by atoms with Crippen molar-refractivity contribution in [3.63, 3.8) is 0 Å². The molecule has 1 heterocycles. The summed E-state index contributed by atoms with van der Waals surface area (Å²) in [6.45, 7) is 1.99. The lowest BCUT2D eigenvalue weighted by atomic mass is 10.2. The van der Waals surface area contributed by atoms with E-state index < -0.39 is 5.97 Å². The van der Waals surface area contributed by atoms with Crippen LogP contribution in [0.4, 0.5) is 0 Å². The van der Waals surface area contributed by atoms with E-state index in [0.29, 0.717) is 12.0 Å². The average molecular weight is 226 g/mol. The highest BCUT2D eigenvalue weighted by molar-refractivity contribution is 5.83. The molecule has 0 saturated heterocycles. The molecular weight excluding hydrogens is 212 g/mol. The van der Waals surface area contributed by atoms with Gasteiger partial charge in [-0.3, -0.25) is 0 Å². The highest BCUT2D eigenvalue weighted by Gasteiger charge is 2.18. The standard InChI is InChI=1S/C10H14N2O4/c1-4-5-6-8(15-2)11-7(10(13)14)12-9(6)16-3/h4-5H2,1-3H3,(H,13,14). The molecule has 6 nitrogen and oxygen atoms in total. The maximum atomic E-state index is 10.8. The highest BCUT2D eigenvalue weighted by Crippen LogP contribution is 2.26. The van der Waals surface area contributed by atoms with E-state index in [0.717, 1.165) is 6.42 Å². The summed E-state index contributed by atoms with van der Waals surface area (Å²) < 4.78 is 10.1. The van der Waals surface area contributed by atoms with Crippen LogP contribution in [-0.4, -0.2) is 35.3 Å². The number of aromatic carboxylic acids is 1. The molecule has 1 aromatic rings. The Morgan fingerprint density at radius 2 is 1.75 bits per heavy atom. The van der Waals surface area contributed by atoms with Gasteiger partial charge in [0.1, 0.15) is 0 Å². The molecule has 0 fully saturated rings. The van der Waals surface area contributed by atoms with Crippen molar-refractivity contribution in [3.8, 4) is 11.8 Å². The first kappa shape index (κ1) is 12.2. The van der Waals surface area contributed by atoms with Gasteiger partial charge in [-0.2, -0.15) is 9.97 Å². The van der Waals surface area contributed by atoms with Crippen molar-refractivity contribution in [2.45, 2.75) is 19.8 Å². The fourth-order valence-electron chi connectivity index (χ4n) is 1.34. The van der Waals surface area contributed by atoms with Crippen LogP contribution >= 0.6 is 0 Å². The van der Waals surface area contributed by atoms with Gasteiger partial charge in [-0.1, -0.05) is 13.3 Å². The van der Waals surface area contributed by atoms with Crippen LogP contribution in [-0.2, 0) is 6.42 Å². The summed E-state index contributed by atoms with van der Waals surface area (Å²) in [5.41, 5.74) is 0.692. The molecule has 0 aliphatic heterocycles. The third-order valence-corrected chi connectivity index (χ3v) is 2.01. The number of rotatable bonds is 5. The molecule has 0 saturated carbocycles. The number of aromatic nitrogens is 2. The molecule has 1 aromatic heterocycles. The van der Waals surface area contributed by atoms with Crippen molar-refractivity contribution < 1.29 is 19.4 Å². The molecule has 0 radical (unpaired) electrons. The molecule has 88 valence electrons. The topological polar surface area (TPSA) is 81.5 Å². The normalized spacial score (nSPS) is 9.94. The molecule has 0 spiro atoms. The maximum absolute atomic E-state index is 10.8. The first-order chi connectivity index (χ1) is 7.63. The molecule has 1 rings (SSSR count). The van der Waals surface area contributed by atoms with E-state index in [-0.39, 0.29) is 17.6 Å². The molecule has 0 amide bonds. The van der Waals surface area contributed by atoms with Gasteiger partial charge in [-0.05, 0) is 6.42 Å². The molecular formula is C10H14N2O4. The van der Waals surface area contributed by atoms with E-state index in [4.69, 9.17) is 14.6 Å². The largest absolute Gasteiger partial charge is 0.481 e. The quantitative estimate of drug-likeness (QED) is 0.810. The van der Waals surface area contributed by atoms with E-state index in [9.17, 15) is 4.79 Å². The van der Waals surface area contributed by atoms with E-state index in [1.807, 2.05) is 6.92 Å². The smallest absolute Gasteiger partial charge is 0.374 e. The fourth-order valence-corrected chi connectivity index (χ4v) is 1.34. The van der Waals surface area contributed by atoms with Crippen molar-refractivity contribution in [1.29, 1.82) is 0 Å². The minimum absolute atomic E-state index is 0.256. The lowest BCUT2D eigenvalue weighted by Gasteiger charge is -2.11. The monoisotopic (exact) mass is 226 g/mol. The molecule has 0 aliphatic rings. The second-order valence-corrected chi connectivity index (χ2v) is 3.10. The number of hydrogen-bond acceptors (Lipinski definition) is 5. The van der Waals surface area contributed by atoms with Crippen molar-refractivity contribution in [2.75, 3.05) is 14.2 Å². The molecule has 0 atom stereocenters. The first-order valence-corrected chi connectivity index (χ1v) is 4.86. The molecule has 0 aliphatic carbocycles. The third-order valence-electron chi connectivity index (χ3n) is 2.01. The number of carbonyl (C=O) groups is 1. The predicted molar refractivity (Wildman–Crippen MR) is 56.1 cm³/mol. The molecule has 0 unspecified atom stereocenters.